The molecule has 0 amide bonds. The monoisotopic (exact) mass is 351 g/mol. The summed E-state index contributed by atoms with van der Waals surface area (Å²) in [5, 5.41) is 3.35. The van der Waals surface area contributed by atoms with Crippen molar-refractivity contribution < 1.29 is 14.2 Å². The Morgan fingerprint density at radius 2 is 1.75 bits per heavy atom. The van der Waals surface area contributed by atoms with E-state index in [9.17, 15) is 0 Å². The second-order valence-electron chi connectivity index (χ2n) is 5.12. The minimum absolute atomic E-state index is 0. The van der Waals surface area contributed by atoms with E-state index in [1.54, 1.807) is 7.11 Å². The Morgan fingerprint density at radius 3 is 2.46 bits per heavy atom. The highest BCUT2D eigenvalue weighted by Crippen LogP contribution is 2.32. The Morgan fingerprint density at radius 1 is 0.958 bits per heavy atom. The van der Waals surface area contributed by atoms with Crippen LogP contribution in [0.4, 0.5) is 0 Å². The number of benzene rings is 2. The highest BCUT2D eigenvalue weighted by molar-refractivity contribution is 5.85. The summed E-state index contributed by atoms with van der Waals surface area (Å²) in [6.07, 6.45) is 0. The van der Waals surface area contributed by atoms with Gasteiger partial charge in [-0.05, 0) is 18.6 Å². The zero-order valence-corrected chi connectivity index (χ0v) is 15.1. The van der Waals surface area contributed by atoms with Crippen LogP contribution in [0.2, 0.25) is 0 Å². The third kappa shape index (κ3) is 6.40. The zero-order chi connectivity index (χ0) is 16.3. The molecule has 0 aliphatic heterocycles. The summed E-state index contributed by atoms with van der Waals surface area (Å²) in [5.74, 6) is 1.59. The van der Waals surface area contributed by atoms with Crippen LogP contribution in [0.5, 0.6) is 11.5 Å². The first-order valence-corrected chi connectivity index (χ1v) is 7.96. The predicted octanol–water partition coefficient (Wildman–Crippen LogP) is 3.82. The lowest BCUT2D eigenvalue weighted by Gasteiger charge is -2.16. The first kappa shape index (κ1) is 20.3. The molecule has 0 saturated carbocycles. The maximum atomic E-state index is 6.07. The Balaban J connectivity index is 0.00000288. The second kappa shape index (κ2) is 11.7. The van der Waals surface area contributed by atoms with Crippen molar-refractivity contribution in [3.05, 3.63) is 59.7 Å². The van der Waals surface area contributed by atoms with Crippen molar-refractivity contribution in [1.82, 2.24) is 5.32 Å². The zero-order valence-electron chi connectivity index (χ0n) is 14.3. The molecular formula is C19H26ClNO3. The number of halogens is 1. The van der Waals surface area contributed by atoms with Gasteiger partial charge in [-0.15, -0.1) is 12.4 Å². The number of rotatable bonds is 10. The van der Waals surface area contributed by atoms with Gasteiger partial charge in [0.2, 0.25) is 0 Å². The van der Waals surface area contributed by atoms with Gasteiger partial charge in [-0.2, -0.15) is 0 Å². The van der Waals surface area contributed by atoms with Crippen LogP contribution in [0.3, 0.4) is 0 Å². The van der Waals surface area contributed by atoms with Crippen molar-refractivity contribution in [3.63, 3.8) is 0 Å². The van der Waals surface area contributed by atoms with Crippen LogP contribution in [-0.2, 0) is 17.9 Å². The molecule has 0 aromatic heterocycles. The molecule has 132 valence electrons. The van der Waals surface area contributed by atoms with E-state index in [0.29, 0.717) is 26.4 Å². The fourth-order valence-corrected chi connectivity index (χ4v) is 2.26. The highest BCUT2D eigenvalue weighted by Gasteiger charge is 2.11. The van der Waals surface area contributed by atoms with Crippen molar-refractivity contribution in [2.45, 2.75) is 20.1 Å². The molecule has 0 fully saturated rings. The van der Waals surface area contributed by atoms with Crippen molar-refractivity contribution in [2.75, 3.05) is 26.9 Å². The molecule has 0 bridgehead atoms. The summed E-state index contributed by atoms with van der Waals surface area (Å²) in [4.78, 5) is 0. The molecule has 0 radical (unpaired) electrons. The normalized spacial score (nSPS) is 10.1. The van der Waals surface area contributed by atoms with Gasteiger partial charge in [0, 0.05) is 25.8 Å². The number of hydrogen-bond donors (Lipinski definition) is 1. The van der Waals surface area contributed by atoms with Gasteiger partial charge in [-0.3, -0.25) is 0 Å². The summed E-state index contributed by atoms with van der Waals surface area (Å²) in [6.45, 7) is 5.32. The minimum atomic E-state index is 0. The second-order valence-corrected chi connectivity index (χ2v) is 5.12. The van der Waals surface area contributed by atoms with E-state index in [-0.39, 0.29) is 12.4 Å². The van der Waals surface area contributed by atoms with Crippen molar-refractivity contribution >= 4 is 12.4 Å². The molecule has 0 aliphatic carbocycles. The number of hydrogen-bond acceptors (Lipinski definition) is 4. The van der Waals surface area contributed by atoms with Gasteiger partial charge in [-0.25, -0.2) is 0 Å². The first-order valence-electron chi connectivity index (χ1n) is 7.96. The van der Waals surface area contributed by atoms with Gasteiger partial charge in [-0.1, -0.05) is 42.5 Å². The molecule has 24 heavy (non-hydrogen) atoms. The summed E-state index contributed by atoms with van der Waals surface area (Å²) < 4.78 is 16.8. The molecular weight excluding hydrogens is 326 g/mol. The lowest BCUT2D eigenvalue weighted by atomic mass is 10.1. The number of para-hydroxylation sites is 1. The van der Waals surface area contributed by atoms with Gasteiger partial charge in [0.05, 0.1) is 13.2 Å². The molecule has 0 spiro atoms. The summed E-state index contributed by atoms with van der Waals surface area (Å²) in [5.41, 5.74) is 2.22. The molecule has 0 atom stereocenters. The molecule has 2 rings (SSSR count). The molecule has 5 heteroatoms. The van der Waals surface area contributed by atoms with E-state index in [1.807, 2.05) is 37.3 Å². The van der Waals surface area contributed by atoms with E-state index in [1.165, 1.54) is 0 Å². The van der Waals surface area contributed by atoms with Crippen LogP contribution in [0, 0.1) is 0 Å². The fraction of sp³-hybridized carbons (Fsp3) is 0.368. The highest BCUT2D eigenvalue weighted by atomic mass is 35.5. The van der Waals surface area contributed by atoms with Crippen LogP contribution < -0.4 is 14.8 Å². The quantitative estimate of drug-likeness (QED) is 0.660. The predicted molar refractivity (Wildman–Crippen MR) is 99.2 cm³/mol. The first-order chi connectivity index (χ1) is 11.3. The van der Waals surface area contributed by atoms with E-state index in [0.717, 1.165) is 29.2 Å². The van der Waals surface area contributed by atoms with Crippen molar-refractivity contribution in [2.24, 2.45) is 0 Å². The lowest BCUT2D eigenvalue weighted by molar-refractivity contribution is 0.199. The van der Waals surface area contributed by atoms with Crippen LogP contribution in [0.1, 0.15) is 18.1 Å². The van der Waals surface area contributed by atoms with Gasteiger partial charge in [0.25, 0.3) is 0 Å². The maximum absolute atomic E-state index is 6.07. The van der Waals surface area contributed by atoms with Crippen LogP contribution >= 0.6 is 12.4 Å². The Bertz CT molecular complexity index is 578. The summed E-state index contributed by atoms with van der Waals surface area (Å²) in [6, 6.07) is 16.1. The minimum Gasteiger partial charge on any atom is -0.490 e. The SMILES string of the molecule is CCOc1cccc(CNCCOC)c1OCc1ccccc1.Cl. The number of nitrogens with one attached hydrogen (secondary N) is 1. The smallest absolute Gasteiger partial charge is 0.166 e. The van der Waals surface area contributed by atoms with Crippen LogP contribution in [0.25, 0.3) is 0 Å². The molecule has 1 N–H and O–H groups in total. The molecule has 4 nitrogen and oxygen atoms in total. The van der Waals surface area contributed by atoms with Gasteiger partial charge < -0.3 is 19.5 Å². The van der Waals surface area contributed by atoms with E-state index >= 15 is 0 Å². The largest absolute Gasteiger partial charge is 0.490 e. The Labute approximate surface area is 150 Å². The maximum Gasteiger partial charge on any atom is 0.166 e. The van der Waals surface area contributed by atoms with Crippen LogP contribution in [-0.4, -0.2) is 26.9 Å². The molecule has 0 unspecified atom stereocenters. The van der Waals surface area contributed by atoms with E-state index < -0.39 is 0 Å². The molecule has 0 heterocycles. The fourth-order valence-electron chi connectivity index (χ4n) is 2.26. The van der Waals surface area contributed by atoms with Crippen molar-refractivity contribution in [3.8, 4) is 11.5 Å². The van der Waals surface area contributed by atoms with E-state index in [2.05, 4.69) is 23.5 Å². The average Bonchev–Trinajstić information content (AvgIpc) is 2.59. The number of ether oxygens (including phenoxy) is 3. The van der Waals surface area contributed by atoms with Crippen LogP contribution in [0.15, 0.2) is 48.5 Å². The van der Waals surface area contributed by atoms with Crippen molar-refractivity contribution in [1.29, 1.82) is 0 Å². The van der Waals surface area contributed by atoms with E-state index in [4.69, 9.17) is 14.2 Å². The van der Waals surface area contributed by atoms with Gasteiger partial charge >= 0.3 is 0 Å². The average molecular weight is 352 g/mol. The topological polar surface area (TPSA) is 39.7 Å². The lowest BCUT2D eigenvalue weighted by Crippen LogP contribution is -2.19. The standard InChI is InChI=1S/C19H25NO3.ClH/c1-3-22-18-11-7-10-17(14-20-12-13-21-2)19(18)23-15-16-8-5-4-6-9-16;/h4-11,20H,3,12-15H2,1-2H3;1H. The molecule has 0 saturated heterocycles. The molecule has 0 aliphatic rings. The molecule has 2 aromatic carbocycles. The third-order valence-electron chi connectivity index (χ3n) is 3.38. The summed E-state index contributed by atoms with van der Waals surface area (Å²) >= 11 is 0. The van der Waals surface area contributed by atoms with Gasteiger partial charge in [0.1, 0.15) is 6.61 Å². The third-order valence-corrected chi connectivity index (χ3v) is 3.38. The van der Waals surface area contributed by atoms with Gasteiger partial charge in [0.15, 0.2) is 11.5 Å². The Kier molecular flexibility index (Phi) is 9.92. The summed E-state index contributed by atoms with van der Waals surface area (Å²) in [7, 11) is 1.70. The number of methoxy groups -OCH3 is 1. The molecule has 2 aromatic rings. The Hall–Kier alpha value is -1.75.